The van der Waals surface area contributed by atoms with Crippen molar-refractivity contribution in [3.05, 3.63) is 46.9 Å². The molecule has 1 aromatic carbocycles. The van der Waals surface area contributed by atoms with Crippen molar-refractivity contribution in [3.63, 3.8) is 0 Å². The molecular weight excluding hydrogens is 512 g/mol. The number of hydrogen-bond acceptors (Lipinski definition) is 8. The molecule has 0 spiro atoms. The van der Waals surface area contributed by atoms with Crippen molar-refractivity contribution < 1.29 is 32.0 Å². The highest BCUT2D eigenvalue weighted by atomic mass is 32.2. The fourth-order valence-electron chi connectivity index (χ4n) is 4.74. The molecule has 2 amide bonds. The molecular formula is C26H34N4O7S. The molecule has 1 saturated heterocycles. The van der Waals surface area contributed by atoms with Crippen LogP contribution in [0.5, 0.6) is 0 Å². The molecule has 1 fully saturated rings. The van der Waals surface area contributed by atoms with Crippen molar-refractivity contribution in [1.29, 1.82) is 0 Å². The van der Waals surface area contributed by atoms with Crippen LogP contribution in [-0.4, -0.2) is 74.2 Å². The van der Waals surface area contributed by atoms with Crippen LogP contribution in [0.25, 0.3) is 11.0 Å². The smallest absolute Gasteiger partial charge is 0.287 e. The van der Waals surface area contributed by atoms with E-state index in [9.17, 15) is 22.8 Å². The van der Waals surface area contributed by atoms with Crippen molar-refractivity contribution in [3.8, 4) is 0 Å². The number of sulfonamides is 1. The van der Waals surface area contributed by atoms with Crippen LogP contribution >= 0.6 is 0 Å². The third-order valence-electron chi connectivity index (χ3n) is 6.62. The first kappa shape index (κ1) is 27.6. The molecule has 2 aliphatic rings. The predicted molar refractivity (Wildman–Crippen MR) is 140 cm³/mol. The monoisotopic (exact) mass is 546 g/mol. The van der Waals surface area contributed by atoms with Crippen molar-refractivity contribution in [2.24, 2.45) is 5.92 Å². The number of amides is 2. The van der Waals surface area contributed by atoms with Crippen LogP contribution in [0.1, 0.15) is 50.6 Å². The number of carbonyl (C=O) groups excluding carboxylic acids is 3. The second-order valence-electron chi connectivity index (χ2n) is 10.1. The molecule has 2 aliphatic heterocycles. The first-order valence-corrected chi connectivity index (χ1v) is 14.1. The zero-order valence-corrected chi connectivity index (χ0v) is 22.8. The number of nitrogens with zero attached hydrogens (tertiary/aromatic N) is 2. The Morgan fingerprint density at radius 2 is 1.95 bits per heavy atom. The summed E-state index contributed by atoms with van der Waals surface area (Å²) in [5, 5.41) is 6.30. The topological polar surface area (TPSA) is 138 Å². The van der Waals surface area contributed by atoms with Crippen molar-refractivity contribution >= 4 is 38.6 Å². The summed E-state index contributed by atoms with van der Waals surface area (Å²) in [4.78, 5) is 40.7. The zero-order valence-electron chi connectivity index (χ0n) is 22.0. The average Bonchev–Trinajstić information content (AvgIpc) is 3.38. The van der Waals surface area contributed by atoms with Crippen LogP contribution in [0.4, 0.5) is 0 Å². The summed E-state index contributed by atoms with van der Waals surface area (Å²) in [6, 6.07) is 7.06. The highest BCUT2D eigenvalue weighted by Gasteiger charge is 2.39. The minimum atomic E-state index is -3.95. The number of Topliss-reactive ketones (excluding diaryl/α,β-unsaturated/α-hetero) is 1. The van der Waals surface area contributed by atoms with Crippen LogP contribution in [0, 0.1) is 5.92 Å². The summed E-state index contributed by atoms with van der Waals surface area (Å²) in [7, 11) is -2.33. The van der Waals surface area contributed by atoms with Gasteiger partial charge in [-0.25, -0.2) is 8.42 Å². The van der Waals surface area contributed by atoms with E-state index >= 15 is 0 Å². The summed E-state index contributed by atoms with van der Waals surface area (Å²) >= 11 is 0. The quantitative estimate of drug-likeness (QED) is 0.514. The van der Waals surface area contributed by atoms with E-state index in [0.29, 0.717) is 18.4 Å². The molecule has 0 bridgehead atoms. The molecule has 2 N–H and O–H groups in total. The number of ether oxygens (including phenoxy) is 1. The fourth-order valence-corrected chi connectivity index (χ4v) is 6.52. The maximum absolute atomic E-state index is 13.2. The number of carbonyl (C=O) groups is 3. The molecule has 0 saturated carbocycles. The van der Waals surface area contributed by atoms with E-state index in [-0.39, 0.29) is 48.7 Å². The van der Waals surface area contributed by atoms with Crippen LogP contribution in [0.3, 0.4) is 0 Å². The van der Waals surface area contributed by atoms with E-state index in [2.05, 4.69) is 10.6 Å². The molecule has 3 heterocycles. The molecule has 38 heavy (non-hydrogen) atoms. The molecule has 0 aliphatic carbocycles. The van der Waals surface area contributed by atoms with Gasteiger partial charge < -0.3 is 24.7 Å². The van der Waals surface area contributed by atoms with Gasteiger partial charge in [0.25, 0.3) is 15.9 Å². The number of fused-ring (bicyclic) bond motifs is 1. The Morgan fingerprint density at radius 1 is 1.21 bits per heavy atom. The molecule has 2 atom stereocenters. The van der Waals surface area contributed by atoms with Crippen molar-refractivity contribution in [2.45, 2.75) is 52.1 Å². The van der Waals surface area contributed by atoms with Crippen LogP contribution in [0.15, 0.2) is 45.5 Å². The van der Waals surface area contributed by atoms with Crippen LogP contribution < -0.4 is 10.6 Å². The SMILES string of the molecule is CC1=C(S(=O)(=O)N2CCCC(NC(=O)[C@H](CC(C)C)NC(=O)c3cc4ccccc4o3)C(=O)C2)N(C)CO1. The minimum Gasteiger partial charge on any atom is -0.475 e. The van der Waals surface area contributed by atoms with Gasteiger partial charge in [0.15, 0.2) is 23.3 Å². The Kier molecular flexibility index (Phi) is 8.12. The molecule has 1 aromatic heterocycles. The summed E-state index contributed by atoms with van der Waals surface area (Å²) in [5.41, 5.74) is 0.562. The van der Waals surface area contributed by atoms with Gasteiger partial charge >= 0.3 is 0 Å². The largest absolute Gasteiger partial charge is 0.475 e. The standard InChI is InChI=1S/C26H34N4O7S/c1-16(2)12-20(28-25(33)23-13-18-8-5-6-10-22(18)37-23)24(32)27-19-9-7-11-30(14-21(19)31)38(34,35)26-17(3)36-15-29(26)4/h5-6,8,10,13,16,19-20H,7,9,11-12,14-15H2,1-4H3,(H,27,32)(H,28,33)/t19?,20-/m0/s1. The maximum Gasteiger partial charge on any atom is 0.287 e. The number of hydrogen-bond donors (Lipinski definition) is 2. The molecule has 0 radical (unpaired) electrons. The van der Waals surface area contributed by atoms with Gasteiger partial charge in [0.2, 0.25) is 5.91 Å². The molecule has 11 nitrogen and oxygen atoms in total. The number of rotatable bonds is 8. The lowest BCUT2D eigenvalue weighted by Crippen LogP contribution is -2.52. The van der Waals surface area contributed by atoms with E-state index in [4.69, 9.17) is 9.15 Å². The Balaban J connectivity index is 1.44. The first-order chi connectivity index (χ1) is 18.0. The second-order valence-corrected chi connectivity index (χ2v) is 12.0. The lowest BCUT2D eigenvalue weighted by atomic mass is 10.0. The predicted octanol–water partition coefficient (Wildman–Crippen LogP) is 2.17. The van der Waals surface area contributed by atoms with Crippen molar-refractivity contribution in [2.75, 3.05) is 26.9 Å². The molecule has 206 valence electrons. The van der Waals surface area contributed by atoms with Gasteiger partial charge in [0, 0.05) is 19.0 Å². The van der Waals surface area contributed by atoms with Gasteiger partial charge in [-0.1, -0.05) is 32.0 Å². The third kappa shape index (κ3) is 5.86. The summed E-state index contributed by atoms with van der Waals surface area (Å²) in [6.45, 7) is 5.33. The van der Waals surface area contributed by atoms with Crippen LogP contribution in [0.2, 0.25) is 0 Å². The van der Waals surface area contributed by atoms with Gasteiger partial charge in [-0.2, -0.15) is 4.31 Å². The molecule has 4 rings (SSSR count). The Bertz CT molecular complexity index is 1330. The van der Waals surface area contributed by atoms with E-state index in [0.717, 1.165) is 9.69 Å². The van der Waals surface area contributed by atoms with Gasteiger partial charge in [0.05, 0.1) is 12.6 Å². The lowest BCUT2D eigenvalue weighted by Gasteiger charge is -2.24. The number of benzene rings is 1. The molecule has 2 aromatic rings. The third-order valence-corrected chi connectivity index (χ3v) is 8.70. The van der Waals surface area contributed by atoms with E-state index in [1.54, 1.807) is 32.2 Å². The van der Waals surface area contributed by atoms with E-state index in [1.807, 2.05) is 26.0 Å². The highest BCUT2D eigenvalue weighted by Crippen LogP contribution is 2.27. The zero-order chi connectivity index (χ0) is 27.6. The van der Waals surface area contributed by atoms with Crippen molar-refractivity contribution in [1.82, 2.24) is 19.8 Å². The second kappa shape index (κ2) is 11.2. The minimum absolute atomic E-state index is 0.0399. The summed E-state index contributed by atoms with van der Waals surface area (Å²) in [6.07, 6.45) is 1.01. The van der Waals surface area contributed by atoms with Gasteiger partial charge in [-0.05, 0) is 44.2 Å². The molecule has 12 heteroatoms. The number of furan rings is 1. The number of allylic oxidation sites excluding steroid dienone is 1. The normalized spacial score (nSPS) is 20.0. The first-order valence-electron chi connectivity index (χ1n) is 12.6. The summed E-state index contributed by atoms with van der Waals surface area (Å²) < 4.78 is 38.6. The Morgan fingerprint density at radius 3 is 2.61 bits per heavy atom. The van der Waals surface area contributed by atoms with Gasteiger partial charge in [-0.15, -0.1) is 0 Å². The van der Waals surface area contributed by atoms with E-state index < -0.39 is 39.7 Å². The Labute approximate surface area is 222 Å². The van der Waals surface area contributed by atoms with Crippen LogP contribution in [-0.2, 0) is 24.3 Å². The Hall–Kier alpha value is -3.38. The van der Waals surface area contributed by atoms with Gasteiger partial charge in [-0.3, -0.25) is 14.4 Å². The molecule has 1 unspecified atom stereocenters. The average molecular weight is 547 g/mol. The van der Waals surface area contributed by atoms with Gasteiger partial charge in [0.1, 0.15) is 17.4 Å². The summed E-state index contributed by atoms with van der Waals surface area (Å²) in [5.74, 6) is -0.992. The fraction of sp³-hybridized carbons (Fsp3) is 0.500. The number of para-hydroxylation sites is 1. The number of nitrogens with one attached hydrogen (secondary N) is 2. The highest BCUT2D eigenvalue weighted by molar-refractivity contribution is 7.93. The lowest BCUT2D eigenvalue weighted by molar-refractivity contribution is -0.129. The number of ketones is 1. The van der Waals surface area contributed by atoms with E-state index in [1.165, 1.54) is 4.90 Å². The maximum atomic E-state index is 13.2.